The molecule has 1 aromatic rings. The maximum atomic E-state index is 14.8. The Labute approximate surface area is 95.5 Å². The Bertz CT molecular complexity index is 359. The Balaban J connectivity index is 2.26. The van der Waals surface area contributed by atoms with Gasteiger partial charge in [-0.15, -0.1) is 0 Å². The normalized spacial score (nSPS) is 25.0. The lowest BCUT2D eigenvalue weighted by molar-refractivity contribution is 0.0784. The van der Waals surface area contributed by atoms with Gasteiger partial charge in [-0.2, -0.15) is 0 Å². The summed E-state index contributed by atoms with van der Waals surface area (Å²) in [7, 11) is 0. The summed E-state index contributed by atoms with van der Waals surface area (Å²) in [5.41, 5.74) is -1.05. The van der Waals surface area contributed by atoms with E-state index in [0.29, 0.717) is 12.1 Å². The fourth-order valence-electron chi connectivity index (χ4n) is 2.42. The molecule has 2 N–H and O–H groups in total. The quantitative estimate of drug-likeness (QED) is 0.807. The number of hydrogen-bond donors (Lipinski definition) is 2. The summed E-state index contributed by atoms with van der Waals surface area (Å²) < 4.78 is 14.8. The van der Waals surface area contributed by atoms with E-state index in [1.807, 2.05) is 0 Å². The molecule has 1 heterocycles. The topological polar surface area (TPSA) is 32.3 Å². The molecule has 2 unspecified atom stereocenters. The standard InChI is InChI=1S/C13H18FNO/c1-13(14,10-5-4-8-15-9-10)11-6-2-3-7-12(11)16/h2-3,6-7,10,15-16H,4-5,8-9H2,1H3. The number of halogens is 1. The third-order valence-electron chi connectivity index (χ3n) is 3.49. The van der Waals surface area contributed by atoms with E-state index in [4.69, 9.17) is 0 Å². The van der Waals surface area contributed by atoms with Crippen molar-refractivity contribution in [1.29, 1.82) is 0 Å². The highest BCUT2D eigenvalue weighted by Crippen LogP contribution is 2.40. The molecule has 2 rings (SSSR count). The number of nitrogens with one attached hydrogen (secondary N) is 1. The zero-order valence-electron chi connectivity index (χ0n) is 9.54. The van der Waals surface area contributed by atoms with Crippen LogP contribution in [-0.4, -0.2) is 18.2 Å². The van der Waals surface area contributed by atoms with Crippen LogP contribution in [0, 0.1) is 5.92 Å². The maximum Gasteiger partial charge on any atom is 0.140 e. The summed E-state index contributed by atoms with van der Waals surface area (Å²) in [6, 6.07) is 6.70. The van der Waals surface area contributed by atoms with Crippen LogP contribution in [0.25, 0.3) is 0 Å². The number of phenols is 1. The zero-order valence-corrected chi connectivity index (χ0v) is 9.54. The van der Waals surface area contributed by atoms with E-state index in [9.17, 15) is 9.50 Å². The van der Waals surface area contributed by atoms with Gasteiger partial charge < -0.3 is 10.4 Å². The molecule has 3 heteroatoms. The smallest absolute Gasteiger partial charge is 0.140 e. The van der Waals surface area contributed by atoms with Crippen molar-refractivity contribution >= 4 is 0 Å². The van der Waals surface area contributed by atoms with Crippen molar-refractivity contribution in [1.82, 2.24) is 5.32 Å². The average molecular weight is 223 g/mol. The number of aromatic hydroxyl groups is 1. The largest absolute Gasteiger partial charge is 0.508 e. The minimum Gasteiger partial charge on any atom is -0.508 e. The summed E-state index contributed by atoms with van der Waals surface area (Å²) in [4.78, 5) is 0. The second-order valence-electron chi connectivity index (χ2n) is 4.64. The first-order valence-electron chi connectivity index (χ1n) is 5.80. The Hall–Kier alpha value is -1.09. The molecule has 88 valence electrons. The lowest BCUT2D eigenvalue weighted by Crippen LogP contribution is -2.40. The molecule has 0 aliphatic carbocycles. The minimum atomic E-state index is -1.46. The van der Waals surface area contributed by atoms with E-state index in [-0.39, 0.29) is 11.7 Å². The molecule has 0 amide bonds. The Morgan fingerprint density at radius 3 is 2.81 bits per heavy atom. The molecule has 16 heavy (non-hydrogen) atoms. The van der Waals surface area contributed by atoms with E-state index in [1.54, 1.807) is 31.2 Å². The van der Waals surface area contributed by atoms with Gasteiger partial charge in [-0.1, -0.05) is 18.2 Å². The molecular weight excluding hydrogens is 205 g/mol. The summed E-state index contributed by atoms with van der Waals surface area (Å²) in [6.07, 6.45) is 1.87. The number of hydrogen-bond acceptors (Lipinski definition) is 2. The van der Waals surface area contributed by atoms with Crippen LogP contribution >= 0.6 is 0 Å². The molecule has 0 radical (unpaired) electrons. The summed E-state index contributed by atoms with van der Waals surface area (Å²) >= 11 is 0. The van der Waals surface area contributed by atoms with Crippen molar-refractivity contribution < 1.29 is 9.50 Å². The molecule has 1 saturated heterocycles. The number of phenolic OH excluding ortho intramolecular Hbond substituents is 1. The molecule has 0 bridgehead atoms. The second kappa shape index (κ2) is 4.42. The summed E-state index contributed by atoms with van der Waals surface area (Å²) in [5, 5.41) is 12.9. The first-order valence-corrected chi connectivity index (χ1v) is 5.80. The maximum absolute atomic E-state index is 14.8. The number of piperidine rings is 1. The van der Waals surface area contributed by atoms with Gasteiger partial charge in [-0.05, 0) is 32.4 Å². The highest BCUT2D eigenvalue weighted by Gasteiger charge is 2.38. The third-order valence-corrected chi connectivity index (χ3v) is 3.49. The van der Waals surface area contributed by atoms with E-state index >= 15 is 0 Å². The highest BCUT2D eigenvalue weighted by molar-refractivity contribution is 5.37. The third kappa shape index (κ3) is 2.05. The number of benzene rings is 1. The molecule has 0 saturated carbocycles. The second-order valence-corrected chi connectivity index (χ2v) is 4.64. The van der Waals surface area contributed by atoms with Gasteiger partial charge in [0, 0.05) is 18.0 Å². The van der Waals surface area contributed by atoms with Crippen LogP contribution in [0.3, 0.4) is 0 Å². The van der Waals surface area contributed by atoms with Crippen molar-refractivity contribution in [3.05, 3.63) is 29.8 Å². The van der Waals surface area contributed by atoms with Crippen molar-refractivity contribution in [2.45, 2.75) is 25.4 Å². The van der Waals surface area contributed by atoms with E-state index < -0.39 is 5.67 Å². The van der Waals surface area contributed by atoms with Crippen molar-refractivity contribution in [2.24, 2.45) is 5.92 Å². The molecule has 0 spiro atoms. The molecule has 2 atom stereocenters. The number of alkyl halides is 1. The van der Waals surface area contributed by atoms with E-state index in [0.717, 1.165) is 19.4 Å². The van der Waals surface area contributed by atoms with Crippen LogP contribution in [0.2, 0.25) is 0 Å². The highest BCUT2D eigenvalue weighted by atomic mass is 19.1. The van der Waals surface area contributed by atoms with Crippen molar-refractivity contribution in [2.75, 3.05) is 13.1 Å². The molecule has 0 aromatic heterocycles. The van der Waals surface area contributed by atoms with Crippen LogP contribution in [-0.2, 0) is 5.67 Å². The molecular formula is C13H18FNO. The van der Waals surface area contributed by atoms with Crippen LogP contribution < -0.4 is 5.32 Å². The van der Waals surface area contributed by atoms with Crippen LogP contribution in [0.15, 0.2) is 24.3 Å². The fourth-order valence-corrected chi connectivity index (χ4v) is 2.42. The lowest BCUT2D eigenvalue weighted by Gasteiger charge is -2.34. The molecule has 1 aliphatic rings. The van der Waals surface area contributed by atoms with Crippen molar-refractivity contribution in [3.8, 4) is 5.75 Å². The van der Waals surface area contributed by atoms with Gasteiger partial charge in [-0.3, -0.25) is 0 Å². The molecule has 2 nitrogen and oxygen atoms in total. The van der Waals surface area contributed by atoms with Gasteiger partial charge in [0.1, 0.15) is 11.4 Å². The fraction of sp³-hybridized carbons (Fsp3) is 0.538. The molecule has 1 aromatic carbocycles. The monoisotopic (exact) mass is 223 g/mol. The van der Waals surface area contributed by atoms with Gasteiger partial charge in [0.25, 0.3) is 0 Å². The minimum absolute atomic E-state index is 0.0538. The first-order chi connectivity index (χ1) is 7.62. The van der Waals surface area contributed by atoms with Gasteiger partial charge in [0.05, 0.1) is 0 Å². The van der Waals surface area contributed by atoms with E-state index in [1.165, 1.54) is 0 Å². The predicted molar refractivity (Wildman–Crippen MR) is 62.2 cm³/mol. The SMILES string of the molecule is CC(F)(c1ccccc1O)C1CCCNC1. The van der Waals surface area contributed by atoms with E-state index in [2.05, 4.69) is 5.32 Å². The Kier molecular flexibility index (Phi) is 3.15. The lowest BCUT2D eigenvalue weighted by atomic mass is 9.80. The number of para-hydroxylation sites is 1. The summed E-state index contributed by atoms with van der Waals surface area (Å²) in [6.45, 7) is 3.22. The van der Waals surface area contributed by atoms with Crippen LogP contribution in [0.1, 0.15) is 25.3 Å². The predicted octanol–water partition coefficient (Wildman–Crippen LogP) is 2.58. The number of rotatable bonds is 2. The van der Waals surface area contributed by atoms with Crippen molar-refractivity contribution in [3.63, 3.8) is 0 Å². The zero-order chi connectivity index (χ0) is 11.6. The van der Waals surface area contributed by atoms with Gasteiger partial charge >= 0.3 is 0 Å². The van der Waals surface area contributed by atoms with Gasteiger partial charge in [0.2, 0.25) is 0 Å². The Morgan fingerprint density at radius 2 is 2.19 bits per heavy atom. The van der Waals surface area contributed by atoms with Gasteiger partial charge in [0.15, 0.2) is 0 Å². The van der Waals surface area contributed by atoms with Crippen LogP contribution in [0.4, 0.5) is 4.39 Å². The first kappa shape index (κ1) is 11.4. The summed E-state index contributed by atoms with van der Waals surface area (Å²) in [5.74, 6) is -0.00683. The van der Waals surface area contributed by atoms with Gasteiger partial charge in [-0.25, -0.2) is 4.39 Å². The molecule has 1 fully saturated rings. The Morgan fingerprint density at radius 1 is 1.44 bits per heavy atom. The molecule has 1 aliphatic heterocycles. The van der Waals surface area contributed by atoms with Crippen LogP contribution in [0.5, 0.6) is 5.75 Å². The average Bonchev–Trinajstić information content (AvgIpc) is 2.30.